The zero-order valence-electron chi connectivity index (χ0n) is 17.1. The lowest BCUT2D eigenvalue weighted by Crippen LogP contribution is -2.49. The highest BCUT2D eigenvalue weighted by Crippen LogP contribution is 2.44. The van der Waals surface area contributed by atoms with Gasteiger partial charge in [-0.05, 0) is 37.5 Å². The average molecular weight is 369 g/mol. The number of allylic oxidation sites excluding steroid dienone is 1. The summed E-state index contributed by atoms with van der Waals surface area (Å²) >= 11 is 0. The molecule has 0 heterocycles. The highest BCUT2D eigenvalue weighted by Gasteiger charge is 2.58. The molecule has 0 aromatic rings. The standard InChI is InChI=1S/C21H36O5/c1-7-14(6)18(23)17-19(24)15(10-8-12(2)3)21(26,20(17)25)16(22)11-9-13(4)5/h12-16,22,25-26H,7-11H2,1-6H3/t14?,15-,16?,21-/m0/s1. The smallest absolute Gasteiger partial charge is 0.176 e. The van der Waals surface area contributed by atoms with Gasteiger partial charge < -0.3 is 15.3 Å². The molecule has 0 saturated carbocycles. The van der Waals surface area contributed by atoms with Crippen LogP contribution in [-0.4, -0.2) is 38.6 Å². The number of ketones is 2. The van der Waals surface area contributed by atoms with E-state index in [4.69, 9.17) is 0 Å². The lowest BCUT2D eigenvalue weighted by atomic mass is 9.78. The number of aliphatic hydroxyl groups excluding tert-OH is 2. The molecule has 0 saturated heterocycles. The molecule has 1 aliphatic rings. The minimum atomic E-state index is -2.07. The van der Waals surface area contributed by atoms with Gasteiger partial charge in [-0.15, -0.1) is 0 Å². The summed E-state index contributed by atoms with van der Waals surface area (Å²) in [4.78, 5) is 25.6. The number of hydrogen-bond acceptors (Lipinski definition) is 5. The fraction of sp³-hybridized carbons (Fsp3) is 0.810. The molecule has 0 bridgehead atoms. The molecule has 1 aliphatic carbocycles. The molecule has 0 aromatic heterocycles. The maximum atomic E-state index is 12.9. The predicted octanol–water partition coefficient (Wildman–Crippen LogP) is 3.58. The van der Waals surface area contributed by atoms with Crippen LogP contribution < -0.4 is 0 Å². The predicted molar refractivity (Wildman–Crippen MR) is 102 cm³/mol. The fourth-order valence-corrected chi connectivity index (χ4v) is 3.48. The minimum Gasteiger partial charge on any atom is -0.508 e. The van der Waals surface area contributed by atoms with Crippen molar-refractivity contribution < 1.29 is 24.9 Å². The van der Waals surface area contributed by atoms with Gasteiger partial charge in [-0.1, -0.05) is 48.0 Å². The summed E-state index contributed by atoms with van der Waals surface area (Å²) in [5, 5.41) is 32.6. The summed E-state index contributed by atoms with van der Waals surface area (Å²) in [7, 11) is 0. The Hall–Kier alpha value is -1.20. The Morgan fingerprint density at radius 3 is 2.08 bits per heavy atom. The maximum Gasteiger partial charge on any atom is 0.176 e. The summed E-state index contributed by atoms with van der Waals surface area (Å²) in [6.45, 7) is 11.5. The van der Waals surface area contributed by atoms with E-state index in [1.165, 1.54) is 0 Å². The Kier molecular flexibility index (Phi) is 8.03. The molecule has 0 aromatic carbocycles. The van der Waals surface area contributed by atoms with Gasteiger partial charge in [0.2, 0.25) is 0 Å². The highest BCUT2D eigenvalue weighted by molar-refractivity contribution is 6.24. The summed E-state index contributed by atoms with van der Waals surface area (Å²) in [6, 6.07) is 0. The second kappa shape index (κ2) is 9.14. The minimum absolute atomic E-state index is 0.258. The first-order valence-corrected chi connectivity index (χ1v) is 9.90. The number of hydrogen-bond donors (Lipinski definition) is 3. The first kappa shape index (κ1) is 22.8. The molecule has 0 amide bonds. The van der Waals surface area contributed by atoms with Gasteiger partial charge in [-0.3, -0.25) is 9.59 Å². The van der Waals surface area contributed by atoms with Crippen LogP contribution in [0, 0.1) is 23.7 Å². The molecular formula is C21H36O5. The molecule has 150 valence electrons. The Morgan fingerprint density at radius 2 is 1.62 bits per heavy atom. The van der Waals surface area contributed by atoms with E-state index in [1.54, 1.807) is 6.92 Å². The summed E-state index contributed by atoms with van der Waals surface area (Å²) in [6.07, 6.45) is 1.15. The van der Waals surface area contributed by atoms with E-state index in [0.717, 1.165) is 0 Å². The average Bonchev–Trinajstić information content (AvgIpc) is 2.76. The molecule has 3 N–H and O–H groups in total. The van der Waals surface area contributed by atoms with E-state index in [9.17, 15) is 24.9 Å². The van der Waals surface area contributed by atoms with E-state index >= 15 is 0 Å². The molecule has 1 rings (SSSR count). The monoisotopic (exact) mass is 368 g/mol. The number of Topliss-reactive ketones (excluding diaryl/α,β-unsaturated/α-hetero) is 2. The number of carbonyl (C=O) groups is 2. The molecule has 4 atom stereocenters. The lowest BCUT2D eigenvalue weighted by Gasteiger charge is -2.34. The summed E-state index contributed by atoms with van der Waals surface area (Å²) in [5.41, 5.74) is -2.38. The Labute approximate surface area is 157 Å². The van der Waals surface area contributed by atoms with Crippen LogP contribution in [0.5, 0.6) is 0 Å². The summed E-state index contributed by atoms with van der Waals surface area (Å²) in [5.74, 6) is -2.39. The normalized spacial score (nSPS) is 26.1. The topological polar surface area (TPSA) is 94.8 Å². The van der Waals surface area contributed by atoms with Crippen LogP contribution in [0.1, 0.15) is 73.6 Å². The van der Waals surface area contributed by atoms with Crippen LogP contribution in [0.2, 0.25) is 0 Å². The fourth-order valence-electron chi connectivity index (χ4n) is 3.48. The molecule has 0 aliphatic heterocycles. The van der Waals surface area contributed by atoms with Crippen LogP contribution in [0.4, 0.5) is 0 Å². The van der Waals surface area contributed by atoms with Crippen molar-refractivity contribution in [2.45, 2.75) is 85.4 Å². The molecule has 5 nitrogen and oxygen atoms in total. The molecule has 5 heteroatoms. The van der Waals surface area contributed by atoms with Crippen LogP contribution >= 0.6 is 0 Å². The van der Waals surface area contributed by atoms with E-state index in [-0.39, 0.29) is 12.0 Å². The molecule has 2 unspecified atom stereocenters. The lowest BCUT2D eigenvalue weighted by molar-refractivity contribution is -0.137. The van der Waals surface area contributed by atoms with Crippen LogP contribution in [0.3, 0.4) is 0 Å². The number of carbonyl (C=O) groups excluding carboxylic acids is 2. The van der Waals surface area contributed by atoms with E-state index in [0.29, 0.717) is 37.5 Å². The zero-order valence-corrected chi connectivity index (χ0v) is 17.1. The van der Waals surface area contributed by atoms with Gasteiger partial charge in [0.15, 0.2) is 17.2 Å². The maximum absolute atomic E-state index is 12.9. The highest BCUT2D eigenvalue weighted by atomic mass is 16.4. The molecule has 0 spiro atoms. The van der Waals surface area contributed by atoms with Crippen molar-refractivity contribution in [3.05, 3.63) is 11.3 Å². The van der Waals surface area contributed by atoms with Crippen molar-refractivity contribution in [2.24, 2.45) is 23.7 Å². The van der Waals surface area contributed by atoms with Crippen LogP contribution in [-0.2, 0) is 9.59 Å². The van der Waals surface area contributed by atoms with Crippen molar-refractivity contribution in [1.82, 2.24) is 0 Å². The van der Waals surface area contributed by atoms with Crippen LogP contribution in [0.25, 0.3) is 0 Å². The van der Waals surface area contributed by atoms with Gasteiger partial charge in [0.25, 0.3) is 0 Å². The van der Waals surface area contributed by atoms with Crippen molar-refractivity contribution in [1.29, 1.82) is 0 Å². The van der Waals surface area contributed by atoms with Gasteiger partial charge in [0, 0.05) is 5.92 Å². The third kappa shape index (κ3) is 4.55. The third-order valence-corrected chi connectivity index (χ3v) is 5.57. The van der Waals surface area contributed by atoms with Crippen LogP contribution in [0.15, 0.2) is 11.3 Å². The van der Waals surface area contributed by atoms with Crippen molar-refractivity contribution in [2.75, 3.05) is 0 Å². The largest absolute Gasteiger partial charge is 0.508 e. The Balaban J connectivity index is 3.29. The molecule has 26 heavy (non-hydrogen) atoms. The third-order valence-electron chi connectivity index (χ3n) is 5.57. The van der Waals surface area contributed by atoms with E-state index in [1.807, 2.05) is 34.6 Å². The van der Waals surface area contributed by atoms with Crippen molar-refractivity contribution in [3.63, 3.8) is 0 Å². The zero-order chi connectivity index (χ0) is 20.2. The number of rotatable bonds is 10. The first-order valence-electron chi connectivity index (χ1n) is 9.90. The Bertz CT molecular complexity index is 549. The second-order valence-corrected chi connectivity index (χ2v) is 8.60. The molecule has 0 radical (unpaired) electrons. The van der Waals surface area contributed by atoms with Gasteiger partial charge in [0.05, 0.1) is 12.0 Å². The van der Waals surface area contributed by atoms with E-state index in [2.05, 4.69) is 0 Å². The number of aliphatic hydroxyl groups is 3. The molecular weight excluding hydrogens is 332 g/mol. The first-order chi connectivity index (χ1) is 12.0. The van der Waals surface area contributed by atoms with Crippen molar-refractivity contribution in [3.8, 4) is 0 Å². The van der Waals surface area contributed by atoms with E-state index < -0.39 is 40.9 Å². The van der Waals surface area contributed by atoms with Gasteiger partial charge in [-0.2, -0.15) is 0 Å². The van der Waals surface area contributed by atoms with Gasteiger partial charge >= 0.3 is 0 Å². The SMILES string of the molecule is CCC(C)C(=O)C1=C(O)[C@@](O)(C(O)CCC(C)C)[C@@H](CCC(C)C)C1=O. The van der Waals surface area contributed by atoms with Gasteiger partial charge in [-0.25, -0.2) is 0 Å². The quantitative estimate of drug-likeness (QED) is 0.512. The summed E-state index contributed by atoms with van der Waals surface area (Å²) < 4.78 is 0. The second-order valence-electron chi connectivity index (χ2n) is 8.60. The van der Waals surface area contributed by atoms with Gasteiger partial charge in [0.1, 0.15) is 11.3 Å². The Morgan fingerprint density at radius 1 is 1.08 bits per heavy atom. The van der Waals surface area contributed by atoms with Crippen molar-refractivity contribution >= 4 is 11.6 Å². The molecule has 0 fully saturated rings.